The standard InChI is InChI=1S/C56H32O2/c1-2-14-37-33(12-1)13-11-22-42(37)55-43-18-5-7-20-45(43)56(46-21-8-6-19-44(46)55)47-27-26-38(39-15-3-4-16-40(39)47)35-25-24-34-29-48-50-31-49-41-17-9-10-23-51(41)57-53(49)32-54(50)58-52(48)30-36(34)28-35/h1-32H. The van der Waals surface area contributed by atoms with E-state index >= 15 is 0 Å². The number of rotatable bonds is 3. The fourth-order valence-electron chi connectivity index (χ4n) is 9.83. The summed E-state index contributed by atoms with van der Waals surface area (Å²) in [5, 5.41) is 16.8. The van der Waals surface area contributed by atoms with Gasteiger partial charge in [-0.3, -0.25) is 0 Å². The monoisotopic (exact) mass is 736 g/mol. The van der Waals surface area contributed by atoms with Crippen LogP contribution in [0.1, 0.15) is 0 Å². The van der Waals surface area contributed by atoms with E-state index in [4.69, 9.17) is 8.83 Å². The highest BCUT2D eigenvalue weighted by molar-refractivity contribution is 6.26. The molecular formula is C56H32O2. The van der Waals surface area contributed by atoms with Crippen molar-refractivity contribution in [2.24, 2.45) is 0 Å². The predicted octanol–water partition coefficient (Wildman–Crippen LogP) is 16.3. The Bertz CT molecular complexity index is 3800. The lowest BCUT2D eigenvalue weighted by molar-refractivity contribution is 0.656. The SMILES string of the molecule is c1ccc2c(-c3c4ccccc4c(-c4ccc(-c5ccc6cc7c(cc6c5)oc5cc6oc8ccccc8c6cc57)c5ccccc45)c4ccccc34)cccc2c1. The Balaban J connectivity index is 0.997. The average molecular weight is 737 g/mol. The van der Waals surface area contributed by atoms with Crippen LogP contribution in [0.5, 0.6) is 0 Å². The van der Waals surface area contributed by atoms with Gasteiger partial charge in [0.1, 0.15) is 22.3 Å². The molecule has 2 nitrogen and oxygen atoms in total. The largest absolute Gasteiger partial charge is 0.456 e. The fourth-order valence-corrected chi connectivity index (χ4v) is 9.83. The van der Waals surface area contributed by atoms with E-state index in [2.05, 4.69) is 176 Å². The number of hydrogen-bond acceptors (Lipinski definition) is 2. The topological polar surface area (TPSA) is 26.3 Å². The lowest BCUT2D eigenvalue weighted by atomic mass is 9.83. The van der Waals surface area contributed by atoms with Gasteiger partial charge in [-0.1, -0.05) is 158 Å². The number of hydrogen-bond donors (Lipinski definition) is 0. The van der Waals surface area contributed by atoms with Gasteiger partial charge in [-0.05, 0) is 118 Å². The van der Waals surface area contributed by atoms with E-state index in [1.165, 1.54) is 81.9 Å². The van der Waals surface area contributed by atoms with Crippen LogP contribution in [-0.2, 0) is 0 Å². The zero-order chi connectivity index (χ0) is 37.9. The normalized spacial score (nSPS) is 12.1. The Morgan fingerprint density at radius 2 is 0.724 bits per heavy atom. The Hall–Kier alpha value is -7.68. The van der Waals surface area contributed by atoms with Crippen LogP contribution in [0.4, 0.5) is 0 Å². The first-order chi connectivity index (χ1) is 28.7. The maximum Gasteiger partial charge on any atom is 0.139 e. The molecule has 0 N–H and O–H groups in total. The van der Waals surface area contributed by atoms with Crippen LogP contribution < -0.4 is 0 Å². The Morgan fingerprint density at radius 1 is 0.224 bits per heavy atom. The van der Waals surface area contributed by atoms with Crippen molar-refractivity contribution in [3.8, 4) is 33.4 Å². The van der Waals surface area contributed by atoms with Gasteiger partial charge in [0.15, 0.2) is 0 Å². The second-order valence-electron chi connectivity index (χ2n) is 15.5. The maximum atomic E-state index is 6.51. The molecule has 0 spiro atoms. The van der Waals surface area contributed by atoms with Crippen molar-refractivity contribution in [3.63, 3.8) is 0 Å². The highest BCUT2D eigenvalue weighted by Gasteiger charge is 2.20. The van der Waals surface area contributed by atoms with Crippen molar-refractivity contribution in [2.45, 2.75) is 0 Å². The number of fused-ring (bicyclic) bond motifs is 11. The zero-order valence-electron chi connectivity index (χ0n) is 31.3. The summed E-state index contributed by atoms with van der Waals surface area (Å²) in [6, 6.07) is 70.6. The summed E-state index contributed by atoms with van der Waals surface area (Å²) >= 11 is 0. The van der Waals surface area contributed by atoms with Gasteiger partial charge < -0.3 is 8.83 Å². The summed E-state index contributed by atoms with van der Waals surface area (Å²) in [6.07, 6.45) is 0. The van der Waals surface area contributed by atoms with Gasteiger partial charge in [0.05, 0.1) is 0 Å². The second kappa shape index (κ2) is 11.9. The van der Waals surface area contributed by atoms with Crippen molar-refractivity contribution in [3.05, 3.63) is 194 Å². The quantitative estimate of drug-likeness (QED) is 0.169. The molecular weight excluding hydrogens is 705 g/mol. The first-order valence-electron chi connectivity index (χ1n) is 19.9. The molecule has 0 fully saturated rings. The molecule has 11 aromatic carbocycles. The van der Waals surface area contributed by atoms with Crippen LogP contribution in [0.2, 0.25) is 0 Å². The first-order valence-corrected chi connectivity index (χ1v) is 19.9. The minimum absolute atomic E-state index is 0.837. The molecule has 2 heteroatoms. The Labute approximate surface area is 332 Å². The third-order valence-corrected chi connectivity index (χ3v) is 12.4. The lowest BCUT2D eigenvalue weighted by Gasteiger charge is -2.20. The minimum atomic E-state index is 0.837. The van der Waals surface area contributed by atoms with Crippen LogP contribution in [0, 0.1) is 0 Å². The number of furan rings is 2. The van der Waals surface area contributed by atoms with E-state index in [1.807, 2.05) is 18.2 Å². The van der Waals surface area contributed by atoms with Crippen molar-refractivity contribution in [2.75, 3.05) is 0 Å². The van der Waals surface area contributed by atoms with Gasteiger partial charge in [-0.2, -0.15) is 0 Å². The highest BCUT2D eigenvalue weighted by atomic mass is 16.3. The molecule has 0 bridgehead atoms. The molecule has 0 amide bonds. The summed E-state index contributed by atoms with van der Waals surface area (Å²) in [5.74, 6) is 0. The predicted molar refractivity (Wildman–Crippen MR) is 245 cm³/mol. The molecule has 58 heavy (non-hydrogen) atoms. The van der Waals surface area contributed by atoms with Crippen LogP contribution >= 0.6 is 0 Å². The van der Waals surface area contributed by atoms with Crippen LogP contribution in [0.25, 0.3) is 131 Å². The van der Waals surface area contributed by atoms with Gasteiger partial charge in [0.25, 0.3) is 0 Å². The summed E-state index contributed by atoms with van der Waals surface area (Å²) in [5.41, 5.74) is 10.9. The van der Waals surface area contributed by atoms with Gasteiger partial charge in [0, 0.05) is 27.6 Å². The van der Waals surface area contributed by atoms with Gasteiger partial charge in [0.2, 0.25) is 0 Å². The lowest BCUT2D eigenvalue weighted by Crippen LogP contribution is -1.93. The maximum absolute atomic E-state index is 6.51. The summed E-state index contributed by atoms with van der Waals surface area (Å²) < 4.78 is 12.7. The highest BCUT2D eigenvalue weighted by Crippen LogP contribution is 2.48. The molecule has 2 heterocycles. The Morgan fingerprint density at radius 3 is 1.45 bits per heavy atom. The fraction of sp³-hybridized carbons (Fsp3) is 0. The molecule has 13 aromatic rings. The molecule has 0 atom stereocenters. The average Bonchev–Trinajstić information content (AvgIpc) is 3.82. The first kappa shape index (κ1) is 31.5. The molecule has 0 unspecified atom stereocenters. The molecule has 0 aliphatic rings. The molecule has 0 aliphatic carbocycles. The van der Waals surface area contributed by atoms with Crippen molar-refractivity contribution >= 4 is 97.7 Å². The molecule has 2 aromatic heterocycles. The number of para-hydroxylation sites is 1. The number of benzene rings is 11. The van der Waals surface area contributed by atoms with E-state index in [9.17, 15) is 0 Å². The van der Waals surface area contributed by atoms with Gasteiger partial charge in [-0.15, -0.1) is 0 Å². The zero-order valence-corrected chi connectivity index (χ0v) is 31.3. The second-order valence-corrected chi connectivity index (χ2v) is 15.5. The van der Waals surface area contributed by atoms with Crippen LogP contribution in [-0.4, -0.2) is 0 Å². The van der Waals surface area contributed by atoms with E-state index in [-0.39, 0.29) is 0 Å². The van der Waals surface area contributed by atoms with Crippen molar-refractivity contribution in [1.29, 1.82) is 0 Å². The third-order valence-electron chi connectivity index (χ3n) is 12.4. The molecule has 0 radical (unpaired) electrons. The minimum Gasteiger partial charge on any atom is -0.456 e. The van der Waals surface area contributed by atoms with Crippen molar-refractivity contribution in [1.82, 2.24) is 0 Å². The van der Waals surface area contributed by atoms with E-state index in [0.29, 0.717) is 0 Å². The van der Waals surface area contributed by atoms with Gasteiger partial charge >= 0.3 is 0 Å². The van der Waals surface area contributed by atoms with Gasteiger partial charge in [-0.25, -0.2) is 0 Å². The summed E-state index contributed by atoms with van der Waals surface area (Å²) in [6.45, 7) is 0. The summed E-state index contributed by atoms with van der Waals surface area (Å²) in [7, 11) is 0. The molecule has 0 aliphatic heterocycles. The van der Waals surface area contributed by atoms with Crippen LogP contribution in [0.3, 0.4) is 0 Å². The molecule has 13 rings (SSSR count). The summed E-state index contributed by atoms with van der Waals surface area (Å²) in [4.78, 5) is 0. The smallest absolute Gasteiger partial charge is 0.139 e. The molecule has 0 saturated heterocycles. The Kier molecular flexibility index (Phi) is 6.47. The molecule has 268 valence electrons. The van der Waals surface area contributed by atoms with E-state index in [0.717, 1.165) is 49.3 Å². The van der Waals surface area contributed by atoms with E-state index in [1.54, 1.807) is 0 Å². The van der Waals surface area contributed by atoms with Crippen molar-refractivity contribution < 1.29 is 8.83 Å². The van der Waals surface area contributed by atoms with Crippen LogP contribution in [0.15, 0.2) is 203 Å². The van der Waals surface area contributed by atoms with E-state index < -0.39 is 0 Å². The third kappa shape index (κ3) is 4.48. The molecule has 0 saturated carbocycles.